The van der Waals surface area contributed by atoms with Crippen LogP contribution < -0.4 is 10.6 Å². The van der Waals surface area contributed by atoms with Gasteiger partial charge < -0.3 is 15.6 Å². The Hall–Kier alpha value is -3.81. The van der Waals surface area contributed by atoms with Crippen molar-refractivity contribution in [3.05, 3.63) is 83.9 Å². The monoisotopic (exact) mass is 393 g/mol. The van der Waals surface area contributed by atoms with E-state index in [0.29, 0.717) is 12.4 Å². The molecule has 0 saturated heterocycles. The van der Waals surface area contributed by atoms with Gasteiger partial charge >= 0.3 is 0 Å². The number of para-hydroxylation sites is 1. The number of rotatable bonds is 6. The first-order valence-electron chi connectivity index (χ1n) is 8.97. The topological polar surface area (TPSA) is 82.7 Å². The van der Waals surface area contributed by atoms with E-state index in [0.717, 1.165) is 24.1 Å². The average molecular weight is 393 g/mol. The highest BCUT2D eigenvalue weighted by Gasteiger charge is 2.11. The van der Waals surface area contributed by atoms with E-state index in [2.05, 4.69) is 31.7 Å². The fourth-order valence-corrected chi connectivity index (χ4v) is 3.01. The van der Waals surface area contributed by atoms with Crippen LogP contribution >= 0.6 is 0 Å². The SMILES string of the molecule is O=C(Nc1ccc(F)c(F)c1)c1cc(NCCc2c[nH]c3ccccc23)ncn1. The molecule has 0 atom stereocenters. The molecule has 2 aromatic carbocycles. The zero-order chi connectivity index (χ0) is 20.2. The molecule has 29 heavy (non-hydrogen) atoms. The van der Waals surface area contributed by atoms with Crippen LogP contribution in [0.25, 0.3) is 10.9 Å². The lowest BCUT2D eigenvalue weighted by molar-refractivity contribution is 0.102. The number of nitrogens with one attached hydrogen (secondary N) is 3. The summed E-state index contributed by atoms with van der Waals surface area (Å²) in [5.41, 5.74) is 2.51. The highest BCUT2D eigenvalue weighted by molar-refractivity contribution is 6.03. The number of amides is 1. The predicted octanol–water partition coefficient (Wildman–Crippen LogP) is 4.14. The van der Waals surface area contributed by atoms with E-state index in [4.69, 9.17) is 0 Å². The Bertz CT molecular complexity index is 1170. The molecule has 0 unspecified atom stereocenters. The summed E-state index contributed by atoms with van der Waals surface area (Å²) in [7, 11) is 0. The van der Waals surface area contributed by atoms with Crippen LogP contribution in [0.1, 0.15) is 16.1 Å². The molecule has 3 N–H and O–H groups in total. The molecule has 0 fully saturated rings. The maximum absolute atomic E-state index is 13.3. The number of carbonyl (C=O) groups is 1. The lowest BCUT2D eigenvalue weighted by Gasteiger charge is -2.08. The van der Waals surface area contributed by atoms with E-state index in [1.165, 1.54) is 29.4 Å². The number of nitrogens with zero attached hydrogens (tertiary/aromatic N) is 2. The van der Waals surface area contributed by atoms with Crippen molar-refractivity contribution in [3.63, 3.8) is 0 Å². The summed E-state index contributed by atoms with van der Waals surface area (Å²) in [6, 6.07) is 12.7. The standard InChI is InChI=1S/C21H17F2N5O/c22-16-6-5-14(9-17(16)23)28-21(29)19-10-20(27-12-26-19)24-8-7-13-11-25-18-4-2-1-3-15(13)18/h1-6,9-12,25H,7-8H2,(H,28,29)(H,24,26,27). The minimum Gasteiger partial charge on any atom is -0.370 e. The molecule has 4 rings (SSSR count). The van der Waals surface area contributed by atoms with Gasteiger partial charge in [0.05, 0.1) is 0 Å². The van der Waals surface area contributed by atoms with Gasteiger partial charge in [-0.25, -0.2) is 18.7 Å². The number of hydrogen-bond acceptors (Lipinski definition) is 4. The molecule has 146 valence electrons. The Morgan fingerprint density at radius 2 is 1.90 bits per heavy atom. The fraction of sp³-hybridized carbons (Fsp3) is 0.0952. The van der Waals surface area contributed by atoms with E-state index in [-0.39, 0.29) is 11.4 Å². The molecule has 0 aliphatic heterocycles. The van der Waals surface area contributed by atoms with Crippen molar-refractivity contribution >= 4 is 28.3 Å². The Balaban J connectivity index is 1.39. The molecule has 0 bridgehead atoms. The van der Waals surface area contributed by atoms with Gasteiger partial charge in [-0.2, -0.15) is 0 Å². The van der Waals surface area contributed by atoms with Crippen molar-refractivity contribution in [1.29, 1.82) is 0 Å². The Morgan fingerprint density at radius 3 is 2.76 bits per heavy atom. The Kier molecular flexibility index (Phi) is 5.15. The number of fused-ring (bicyclic) bond motifs is 1. The molecule has 6 nitrogen and oxygen atoms in total. The molecule has 2 aromatic heterocycles. The minimum atomic E-state index is -1.04. The van der Waals surface area contributed by atoms with Crippen molar-refractivity contribution in [2.45, 2.75) is 6.42 Å². The third-order valence-corrected chi connectivity index (χ3v) is 4.45. The van der Waals surface area contributed by atoms with Crippen LogP contribution in [0.2, 0.25) is 0 Å². The molecule has 2 heterocycles. The number of benzene rings is 2. The number of aromatic nitrogens is 3. The highest BCUT2D eigenvalue weighted by atomic mass is 19.2. The van der Waals surface area contributed by atoms with E-state index in [1.54, 1.807) is 0 Å². The van der Waals surface area contributed by atoms with Crippen LogP contribution in [0.5, 0.6) is 0 Å². The van der Waals surface area contributed by atoms with Gasteiger partial charge in [0.15, 0.2) is 11.6 Å². The third-order valence-electron chi connectivity index (χ3n) is 4.45. The largest absolute Gasteiger partial charge is 0.370 e. The van der Waals surface area contributed by atoms with Crippen LogP contribution in [0.4, 0.5) is 20.3 Å². The van der Waals surface area contributed by atoms with Crippen molar-refractivity contribution in [2.24, 2.45) is 0 Å². The van der Waals surface area contributed by atoms with Crippen molar-refractivity contribution in [1.82, 2.24) is 15.0 Å². The number of H-pyrrole nitrogens is 1. The second-order valence-electron chi connectivity index (χ2n) is 6.41. The van der Waals surface area contributed by atoms with Crippen LogP contribution in [-0.2, 0) is 6.42 Å². The molecule has 0 radical (unpaired) electrons. The lowest BCUT2D eigenvalue weighted by Crippen LogP contribution is -2.15. The molecule has 0 aliphatic rings. The van der Waals surface area contributed by atoms with Crippen LogP contribution in [-0.4, -0.2) is 27.4 Å². The molecule has 0 aliphatic carbocycles. The van der Waals surface area contributed by atoms with Gasteiger partial charge in [0, 0.05) is 41.5 Å². The van der Waals surface area contributed by atoms with Crippen molar-refractivity contribution < 1.29 is 13.6 Å². The third kappa shape index (κ3) is 4.21. The maximum Gasteiger partial charge on any atom is 0.274 e. The molecular weight excluding hydrogens is 376 g/mol. The number of anilines is 2. The fourth-order valence-electron chi connectivity index (χ4n) is 3.01. The molecule has 0 spiro atoms. The first-order valence-corrected chi connectivity index (χ1v) is 8.97. The predicted molar refractivity (Wildman–Crippen MR) is 107 cm³/mol. The minimum absolute atomic E-state index is 0.110. The van der Waals surface area contributed by atoms with E-state index in [1.807, 2.05) is 24.4 Å². The number of hydrogen-bond donors (Lipinski definition) is 3. The molecule has 4 aromatic rings. The zero-order valence-corrected chi connectivity index (χ0v) is 15.2. The van der Waals surface area contributed by atoms with Crippen LogP contribution in [0, 0.1) is 11.6 Å². The summed E-state index contributed by atoms with van der Waals surface area (Å²) >= 11 is 0. The molecular formula is C21H17F2N5O. The second-order valence-corrected chi connectivity index (χ2v) is 6.41. The normalized spacial score (nSPS) is 10.8. The van der Waals surface area contributed by atoms with Crippen molar-refractivity contribution in [3.8, 4) is 0 Å². The first-order chi connectivity index (χ1) is 14.1. The van der Waals surface area contributed by atoms with E-state index < -0.39 is 17.5 Å². The van der Waals surface area contributed by atoms with Gasteiger partial charge in [-0.15, -0.1) is 0 Å². The number of aromatic amines is 1. The smallest absolute Gasteiger partial charge is 0.274 e. The average Bonchev–Trinajstić information content (AvgIpc) is 3.14. The van der Waals surface area contributed by atoms with Gasteiger partial charge in [-0.1, -0.05) is 18.2 Å². The summed E-state index contributed by atoms with van der Waals surface area (Å²) < 4.78 is 26.3. The van der Waals surface area contributed by atoms with Gasteiger partial charge in [-0.05, 0) is 30.2 Å². The summed E-state index contributed by atoms with van der Waals surface area (Å²) in [4.78, 5) is 23.6. The van der Waals surface area contributed by atoms with Gasteiger partial charge in [-0.3, -0.25) is 4.79 Å². The van der Waals surface area contributed by atoms with E-state index in [9.17, 15) is 13.6 Å². The quantitative estimate of drug-likeness (QED) is 0.460. The van der Waals surface area contributed by atoms with Crippen molar-refractivity contribution in [2.75, 3.05) is 17.2 Å². The zero-order valence-electron chi connectivity index (χ0n) is 15.2. The Labute approximate surface area is 165 Å². The van der Waals surface area contributed by atoms with Crippen LogP contribution in [0.3, 0.4) is 0 Å². The summed E-state index contributed by atoms with van der Waals surface area (Å²) in [6.45, 7) is 0.614. The van der Waals surface area contributed by atoms with E-state index >= 15 is 0 Å². The maximum atomic E-state index is 13.3. The summed E-state index contributed by atoms with van der Waals surface area (Å²) in [5.74, 6) is -2.06. The van der Waals surface area contributed by atoms with Gasteiger partial charge in [0.1, 0.15) is 17.8 Å². The Morgan fingerprint density at radius 1 is 1.03 bits per heavy atom. The van der Waals surface area contributed by atoms with Gasteiger partial charge in [0.25, 0.3) is 5.91 Å². The van der Waals surface area contributed by atoms with Crippen LogP contribution in [0.15, 0.2) is 61.1 Å². The molecule has 1 amide bonds. The summed E-state index contributed by atoms with van der Waals surface area (Å²) in [6.07, 6.45) is 4.02. The molecule has 8 heteroatoms. The number of halogens is 2. The first kappa shape index (κ1) is 18.5. The summed E-state index contributed by atoms with van der Waals surface area (Å²) in [5, 5.41) is 6.82. The van der Waals surface area contributed by atoms with Gasteiger partial charge in [0.2, 0.25) is 0 Å². The molecule has 0 saturated carbocycles. The number of carbonyl (C=O) groups excluding carboxylic acids is 1. The highest BCUT2D eigenvalue weighted by Crippen LogP contribution is 2.18. The lowest BCUT2D eigenvalue weighted by atomic mass is 10.1. The second kappa shape index (κ2) is 8.05.